The van der Waals surface area contributed by atoms with E-state index in [1.165, 1.54) is 25.3 Å². The van der Waals surface area contributed by atoms with Gasteiger partial charge in [-0.25, -0.2) is 9.59 Å². The maximum Gasteiger partial charge on any atom is 0.338 e. The summed E-state index contributed by atoms with van der Waals surface area (Å²) in [6, 6.07) is 10.1. The number of hydrogen-bond acceptors (Lipinski definition) is 7. The molecule has 0 atom stereocenters. The maximum atomic E-state index is 12.0. The summed E-state index contributed by atoms with van der Waals surface area (Å²) < 4.78 is 9.71. The van der Waals surface area contributed by atoms with Gasteiger partial charge in [0, 0.05) is 6.07 Å². The van der Waals surface area contributed by atoms with Crippen molar-refractivity contribution in [1.82, 2.24) is 0 Å². The molecule has 0 aliphatic rings. The van der Waals surface area contributed by atoms with Gasteiger partial charge in [0.2, 0.25) is 0 Å². The van der Waals surface area contributed by atoms with Gasteiger partial charge in [-0.05, 0) is 29.8 Å². The van der Waals surface area contributed by atoms with Crippen LogP contribution in [0.25, 0.3) is 0 Å². The van der Waals surface area contributed by atoms with Crippen LogP contribution in [0.1, 0.15) is 26.3 Å². The maximum absolute atomic E-state index is 12.0. The van der Waals surface area contributed by atoms with Crippen LogP contribution in [0.2, 0.25) is 0 Å². The lowest BCUT2D eigenvalue weighted by Gasteiger charge is -2.07. The number of nitrogens with zero attached hydrogens (tertiary/aromatic N) is 1. The highest BCUT2D eigenvalue weighted by atomic mass is 16.6. The van der Waals surface area contributed by atoms with E-state index in [1.54, 1.807) is 18.2 Å². The van der Waals surface area contributed by atoms with Gasteiger partial charge >= 0.3 is 11.9 Å². The van der Waals surface area contributed by atoms with Crippen LogP contribution in [0.15, 0.2) is 42.5 Å². The van der Waals surface area contributed by atoms with Gasteiger partial charge in [-0.2, -0.15) is 0 Å². The largest absolute Gasteiger partial charge is 0.465 e. The highest BCUT2D eigenvalue weighted by molar-refractivity contribution is 5.91. The lowest BCUT2D eigenvalue weighted by Crippen LogP contribution is -2.07. The molecule has 0 saturated carbocycles. The van der Waals surface area contributed by atoms with E-state index in [0.717, 1.165) is 6.07 Å². The Hall–Kier alpha value is -3.42. The van der Waals surface area contributed by atoms with Crippen molar-refractivity contribution in [1.29, 1.82) is 0 Å². The van der Waals surface area contributed by atoms with Gasteiger partial charge in [-0.3, -0.25) is 10.1 Å². The van der Waals surface area contributed by atoms with Crippen LogP contribution in [0.4, 0.5) is 11.4 Å². The van der Waals surface area contributed by atoms with Crippen LogP contribution in [-0.2, 0) is 16.1 Å². The molecule has 2 rings (SSSR count). The zero-order valence-electron chi connectivity index (χ0n) is 12.7. The van der Waals surface area contributed by atoms with Crippen molar-refractivity contribution in [3.63, 3.8) is 0 Å². The molecule has 0 fully saturated rings. The fraction of sp³-hybridized carbons (Fsp3) is 0.125. The van der Waals surface area contributed by atoms with E-state index in [0.29, 0.717) is 11.1 Å². The lowest BCUT2D eigenvalue weighted by molar-refractivity contribution is -0.383. The molecule has 2 aromatic carbocycles. The lowest BCUT2D eigenvalue weighted by atomic mass is 10.1. The summed E-state index contributed by atoms with van der Waals surface area (Å²) in [4.78, 5) is 33.6. The fourth-order valence-electron chi connectivity index (χ4n) is 1.97. The average Bonchev–Trinajstić information content (AvgIpc) is 2.59. The molecule has 124 valence electrons. The van der Waals surface area contributed by atoms with E-state index in [9.17, 15) is 19.7 Å². The topological polar surface area (TPSA) is 122 Å². The number of carbonyl (C=O) groups excluding carboxylic acids is 2. The van der Waals surface area contributed by atoms with Crippen molar-refractivity contribution in [2.75, 3.05) is 12.8 Å². The third-order valence-corrected chi connectivity index (χ3v) is 3.18. The molecule has 0 bridgehead atoms. The van der Waals surface area contributed by atoms with Crippen LogP contribution in [0.3, 0.4) is 0 Å². The first-order valence-corrected chi connectivity index (χ1v) is 6.80. The van der Waals surface area contributed by atoms with Crippen LogP contribution in [0, 0.1) is 10.1 Å². The second-order valence-electron chi connectivity index (χ2n) is 4.80. The first-order valence-electron chi connectivity index (χ1n) is 6.80. The van der Waals surface area contributed by atoms with Gasteiger partial charge in [-0.1, -0.05) is 12.1 Å². The molecule has 0 aromatic heterocycles. The molecule has 0 aliphatic carbocycles. The molecule has 8 nitrogen and oxygen atoms in total. The number of nitro groups is 1. The Labute approximate surface area is 136 Å². The predicted molar refractivity (Wildman–Crippen MR) is 84.4 cm³/mol. The van der Waals surface area contributed by atoms with Gasteiger partial charge in [0.15, 0.2) is 0 Å². The highest BCUT2D eigenvalue weighted by Crippen LogP contribution is 2.23. The minimum atomic E-state index is -0.735. The fourth-order valence-corrected chi connectivity index (χ4v) is 1.97. The summed E-state index contributed by atoms with van der Waals surface area (Å²) in [6.45, 7) is -0.0954. The number of ether oxygens (including phenoxy) is 2. The normalized spacial score (nSPS) is 10.0. The van der Waals surface area contributed by atoms with Gasteiger partial charge in [0.05, 0.1) is 23.2 Å². The molecule has 8 heteroatoms. The number of esters is 2. The second kappa shape index (κ2) is 7.23. The molecule has 24 heavy (non-hydrogen) atoms. The number of nitrogen functional groups attached to an aromatic ring is 1. The summed E-state index contributed by atoms with van der Waals surface area (Å²) in [7, 11) is 1.27. The number of carbonyl (C=O) groups is 2. The van der Waals surface area contributed by atoms with E-state index in [2.05, 4.69) is 4.74 Å². The molecular formula is C16H14N2O6. The first kappa shape index (κ1) is 16.9. The Morgan fingerprint density at radius 2 is 1.83 bits per heavy atom. The standard InChI is InChI=1S/C16H14N2O6/c1-23-15(19)11-4-2-3-10(7-11)9-24-16(20)12-5-6-13(17)14(8-12)18(21)22/h2-8H,9,17H2,1H3. The first-order chi connectivity index (χ1) is 11.4. The highest BCUT2D eigenvalue weighted by Gasteiger charge is 2.16. The molecule has 0 amide bonds. The van der Waals surface area contributed by atoms with E-state index in [4.69, 9.17) is 10.5 Å². The molecule has 0 radical (unpaired) electrons. The number of benzene rings is 2. The number of hydrogen-bond donors (Lipinski definition) is 1. The van der Waals surface area contributed by atoms with Gasteiger partial charge in [0.25, 0.3) is 5.69 Å². The molecule has 0 saturated heterocycles. The summed E-state index contributed by atoms with van der Waals surface area (Å²) in [5.74, 6) is -1.24. The Morgan fingerprint density at radius 1 is 1.12 bits per heavy atom. The molecule has 0 spiro atoms. The number of nitrogens with two attached hydrogens (primary N) is 1. The third kappa shape index (κ3) is 3.86. The monoisotopic (exact) mass is 330 g/mol. The van der Waals surface area contributed by atoms with Crippen molar-refractivity contribution >= 4 is 23.3 Å². The van der Waals surface area contributed by atoms with Crippen LogP contribution in [-0.4, -0.2) is 24.0 Å². The summed E-state index contributed by atoms with van der Waals surface area (Å²) >= 11 is 0. The SMILES string of the molecule is COC(=O)c1cccc(COC(=O)c2ccc(N)c([N+](=O)[O-])c2)c1. The molecule has 0 unspecified atom stereocenters. The number of methoxy groups -OCH3 is 1. The van der Waals surface area contributed by atoms with E-state index in [-0.39, 0.29) is 23.5 Å². The molecular weight excluding hydrogens is 316 g/mol. The Morgan fingerprint density at radius 3 is 2.50 bits per heavy atom. The Kier molecular flexibility index (Phi) is 5.10. The van der Waals surface area contributed by atoms with Crippen molar-refractivity contribution < 1.29 is 24.0 Å². The Bertz CT molecular complexity index is 803. The van der Waals surface area contributed by atoms with Gasteiger partial charge < -0.3 is 15.2 Å². The second-order valence-corrected chi connectivity index (χ2v) is 4.80. The molecule has 2 N–H and O–H groups in total. The molecule has 2 aromatic rings. The Balaban J connectivity index is 2.10. The average molecular weight is 330 g/mol. The van der Waals surface area contributed by atoms with Gasteiger partial charge in [-0.15, -0.1) is 0 Å². The minimum Gasteiger partial charge on any atom is -0.465 e. The van der Waals surface area contributed by atoms with E-state index < -0.39 is 16.9 Å². The van der Waals surface area contributed by atoms with Crippen LogP contribution >= 0.6 is 0 Å². The van der Waals surface area contributed by atoms with E-state index in [1.807, 2.05) is 0 Å². The van der Waals surface area contributed by atoms with Crippen molar-refractivity contribution in [2.45, 2.75) is 6.61 Å². The summed E-state index contributed by atoms with van der Waals surface area (Å²) in [6.07, 6.45) is 0. The smallest absolute Gasteiger partial charge is 0.338 e. The zero-order chi connectivity index (χ0) is 17.7. The number of nitro benzene ring substituents is 1. The van der Waals surface area contributed by atoms with Crippen molar-refractivity contribution in [3.05, 3.63) is 69.3 Å². The quantitative estimate of drug-likeness (QED) is 0.386. The summed E-state index contributed by atoms with van der Waals surface area (Å²) in [5, 5.41) is 10.8. The van der Waals surface area contributed by atoms with Crippen LogP contribution in [0.5, 0.6) is 0 Å². The van der Waals surface area contributed by atoms with Crippen LogP contribution < -0.4 is 5.73 Å². The predicted octanol–water partition coefficient (Wildman–Crippen LogP) is 2.32. The van der Waals surface area contributed by atoms with Gasteiger partial charge in [0.1, 0.15) is 12.3 Å². The van der Waals surface area contributed by atoms with E-state index >= 15 is 0 Å². The molecule has 0 heterocycles. The number of rotatable bonds is 5. The third-order valence-electron chi connectivity index (χ3n) is 3.18. The minimum absolute atomic E-state index is 0.0139. The number of anilines is 1. The zero-order valence-corrected chi connectivity index (χ0v) is 12.7. The van der Waals surface area contributed by atoms with Crippen molar-refractivity contribution in [2.24, 2.45) is 0 Å². The van der Waals surface area contributed by atoms with Crippen molar-refractivity contribution in [3.8, 4) is 0 Å². The summed E-state index contributed by atoms with van der Waals surface area (Å²) in [5.41, 5.74) is 5.99. The molecule has 0 aliphatic heterocycles.